The summed E-state index contributed by atoms with van der Waals surface area (Å²) in [5.41, 5.74) is 4.86. The van der Waals surface area contributed by atoms with E-state index in [9.17, 15) is 0 Å². The van der Waals surface area contributed by atoms with E-state index >= 15 is 0 Å². The van der Waals surface area contributed by atoms with Crippen LogP contribution < -0.4 is 5.32 Å². The van der Waals surface area contributed by atoms with Gasteiger partial charge in [-0.05, 0) is 74.0 Å². The van der Waals surface area contributed by atoms with Crippen molar-refractivity contribution in [2.45, 2.75) is 63.5 Å². The quantitative estimate of drug-likeness (QED) is 0.838. The average molecular weight is 241 g/mol. The van der Waals surface area contributed by atoms with Gasteiger partial charge >= 0.3 is 0 Å². The fraction of sp³-hybridized carbons (Fsp3) is 0.647. The molecule has 18 heavy (non-hydrogen) atoms. The van der Waals surface area contributed by atoms with Crippen LogP contribution in [0, 0.1) is 5.92 Å². The topological polar surface area (TPSA) is 12.0 Å². The molecule has 96 valence electrons. The van der Waals surface area contributed by atoms with E-state index in [4.69, 9.17) is 0 Å². The Hall–Kier alpha value is -0.820. The summed E-state index contributed by atoms with van der Waals surface area (Å²) in [6.45, 7) is 0. The van der Waals surface area contributed by atoms with Crippen molar-refractivity contribution in [3.8, 4) is 0 Å². The molecule has 1 aromatic rings. The zero-order valence-electron chi connectivity index (χ0n) is 11.1. The van der Waals surface area contributed by atoms with Gasteiger partial charge in [-0.25, -0.2) is 0 Å². The van der Waals surface area contributed by atoms with E-state index in [2.05, 4.69) is 23.5 Å². The van der Waals surface area contributed by atoms with Crippen LogP contribution in [0.15, 0.2) is 18.2 Å². The van der Waals surface area contributed by atoms with Crippen molar-refractivity contribution in [1.29, 1.82) is 0 Å². The maximum absolute atomic E-state index is 3.75. The SMILES string of the molecule is c1cc2c(cc1CC1CC3CCC(C1)N3)CCC2. The fourth-order valence-corrected chi connectivity index (χ4v) is 4.43. The third-order valence-electron chi connectivity index (χ3n) is 5.26. The van der Waals surface area contributed by atoms with E-state index in [-0.39, 0.29) is 0 Å². The lowest BCUT2D eigenvalue weighted by atomic mass is 9.86. The van der Waals surface area contributed by atoms with E-state index in [1.54, 1.807) is 16.7 Å². The number of fused-ring (bicyclic) bond motifs is 3. The second kappa shape index (κ2) is 4.38. The molecule has 0 saturated carbocycles. The van der Waals surface area contributed by atoms with Crippen LogP contribution in [0.3, 0.4) is 0 Å². The minimum atomic E-state index is 0.836. The van der Waals surface area contributed by atoms with Gasteiger partial charge in [-0.15, -0.1) is 0 Å². The van der Waals surface area contributed by atoms with Crippen molar-refractivity contribution in [2.75, 3.05) is 0 Å². The van der Waals surface area contributed by atoms with Crippen LogP contribution in [-0.4, -0.2) is 12.1 Å². The Morgan fingerprint density at radius 3 is 2.61 bits per heavy atom. The highest BCUT2D eigenvalue weighted by Gasteiger charge is 2.33. The predicted octanol–water partition coefficient (Wildman–Crippen LogP) is 3.25. The Labute approximate surface area is 110 Å². The fourth-order valence-electron chi connectivity index (χ4n) is 4.43. The minimum absolute atomic E-state index is 0.836. The van der Waals surface area contributed by atoms with Crippen molar-refractivity contribution in [3.05, 3.63) is 34.9 Å². The third kappa shape index (κ3) is 1.99. The molecule has 0 aromatic heterocycles. The number of hydrogen-bond acceptors (Lipinski definition) is 1. The molecule has 1 nitrogen and oxygen atoms in total. The summed E-state index contributed by atoms with van der Waals surface area (Å²) in [5, 5.41) is 3.75. The Bertz CT molecular complexity index is 439. The van der Waals surface area contributed by atoms with E-state index < -0.39 is 0 Å². The van der Waals surface area contributed by atoms with E-state index in [1.165, 1.54) is 51.4 Å². The molecule has 0 radical (unpaired) electrons. The molecule has 2 bridgehead atoms. The van der Waals surface area contributed by atoms with Crippen molar-refractivity contribution >= 4 is 0 Å². The van der Waals surface area contributed by atoms with Crippen molar-refractivity contribution in [2.24, 2.45) is 5.92 Å². The number of aryl methyl sites for hydroxylation is 2. The molecular weight excluding hydrogens is 218 g/mol. The number of piperidine rings is 1. The van der Waals surface area contributed by atoms with Crippen LogP contribution in [0.25, 0.3) is 0 Å². The molecule has 3 aliphatic rings. The highest BCUT2D eigenvalue weighted by Crippen LogP contribution is 2.33. The molecule has 0 amide bonds. The first-order valence-electron chi connectivity index (χ1n) is 7.73. The van der Waals surface area contributed by atoms with Crippen LogP contribution in [0.2, 0.25) is 0 Å². The van der Waals surface area contributed by atoms with E-state index in [0.717, 1.165) is 18.0 Å². The Morgan fingerprint density at radius 1 is 1.00 bits per heavy atom. The van der Waals surface area contributed by atoms with Gasteiger partial charge in [0, 0.05) is 12.1 Å². The monoisotopic (exact) mass is 241 g/mol. The second-order valence-electron chi connectivity index (χ2n) is 6.64. The molecule has 2 saturated heterocycles. The van der Waals surface area contributed by atoms with Gasteiger partial charge < -0.3 is 5.32 Å². The zero-order chi connectivity index (χ0) is 11.9. The largest absolute Gasteiger partial charge is 0.311 e. The van der Waals surface area contributed by atoms with Crippen molar-refractivity contribution in [1.82, 2.24) is 5.32 Å². The number of benzene rings is 1. The van der Waals surface area contributed by atoms with Gasteiger partial charge in [0.25, 0.3) is 0 Å². The zero-order valence-corrected chi connectivity index (χ0v) is 11.1. The van der Waals surface area contributed by atoms with Gasteiger partial charge in [0.2, 0.25) is 0 Å². The molecule has 1 aliphatic carbocycles. The average Bonchev–Trinajstić information content (AvgIpc) is 2.95. The summed E-state index contributed by atoms with van der Waals surface area (Å²) in [6, 6.07) is 8.97. The van der Waals surface area contributed by atoms with E-state index in [1.807, 2.05) is 0 Å². The summed E-state index contributed by atoms with van der Waals surface area (Å²) >= 11 is 0. The Morgan fingerprint density at radius 2 is 1.78 bits per heavy atom. The Balaban J connectivity index is 1.48. The van der Waals surface area contributed by atoms with Crippen LogP contribution >= 0.6 is 0 Å². The van der Waals surface area contributed by atoms with Crippen LogP contribution in [0.5, 0.6) is 0 Å². The maximum Gasteiger partial charge on any atom is 0.00729 e. The van der Waals surface area contributed by atoms with Gasteiger partial charge in [-0.1, -0.05) is 18.2 Å². The molecule has 1 aromatic carbocycles. The third-order valence-corrected chi connectivity index (χ3v) is 5.26. The summed E-state index contributed by atoms with van der Waals surface area (Å²) in [7, 11) is 0. The molecular formula is C17H23N. The molecule has 2 atom stereocenters. The first-order valence-corrected chi connectivity index (χ1v) is 7.73. The first kappa shape index (κ1) is 11.0. The summed E-state index contributed by atoms with van der Waals surface area (Å²) < 4.78 is 0. The van der Waals surface area contributed by atoms with Crippen LogP contribution in [-0.2, 0) is 19.3 Å². The van der Waals surface area contributed by atoms with Gasteiger partial charge in [-0.2, -0.15) is 0 Å². The van der Waals surface area contributed by atoms with Crippen molar-refractivity contribution in [3.63, 3.8) is 0 Å². The summed E-state index contributed by atoms with van der Waals surface area (Å²) in [5.74, 6) is 0.934. The number of rotatable bonds is 2. The van der Waals surface area contributed by atoms with E-state index in [0.29, 0.717) is 0 Å². The number of nitrogens with one attached hydrogen (secondary N) is 1. The smallest absolute Gasteiger partial charge is 0.00729 e. The first-order chi connectivity index (χ1) is 8.87. The molecule has 1 heteroatoms. The molecule has 0 spiro atoms. The van der Waals surface area contributed by atoms with Gasteiger partial charge in [0.15, 0.2) is 0 Å². The summed E-state index contributed by atoms with van der Waals surface area (Å²) in [4.78, 5) is 0. The number of hydrogen-bond donors (Lipinski definition) is 1. The lowest BCUT2D eigenvalue weighted by molar-refractivity contribution is 0.298. The van der Waals surface area contributed by atoms with Gasteiger partial charge in [0.05, 0.1) is 0 Å². The standard InChI is InChI=1S/C17H23N/c1-2-14-5-4-12(9-15(14)3-1)8-13-10-16-6-7-17(11-13)18-16/h4-5,9,13,16-18H,1-3,6-8,10-11H2. The molecule has 2 fully saturated rings. The summed E-state index contributed by atoms with van der Waals surface area (Å²) in [6.07, 6.45) is 11.0. The van der Waals surface area contributed by atoms with Crippen LogP contribution in [0.1, 0.15) is 48.8 Å². The van der Waals surface area contributed by atoms with Gasteiger partial charge in [-0.3, -0.25) is 0 Å². The maximum atomic E-state index is 3.75. The molecule has 1 N–H and O–H groups in total. The molecule has 2 heterocycles. The highest BCUT2D eigenvalue weighted by atomic mass is 15.0. The molecule has 2 unspecified atom stereocenters. The molecule has 2 aliphatic heterocycles. The minimum Gasteiger partial charge on any atom is -0.311 e. The normalized spacial score (nSPS) is 33.7. The second-order valence-corrected chi connectivity index (χ2v) is 6.64. The lowest BCUT2D eigenvalue weighted by Crippen LogP contribution is -2.38. The molecule has 4 rings (SSSR count). The predicted molar refractivity (Wildman–Crippen MR) is 74.8 cm³/mol. The van der Waals surface area contributed by atoms with Crippen molar-refractivity contribution < 1.29 is 0 Å². The highest BCUT2D eigenvalue weighted by molar-refractivity contribution is 5.35. The van der Waals surface area contributed by atoms with Gasteiger partial charge in [0.1, 0.15) is 0 Å². The lowest BCUT2D eigenvalue weighted by Gasteiger charge is -2.29. The Kier molecular flexibility index (Phi) is 2.69. The van der Waals surface area contributed by atoms with Crippen LogP contribution in [0.4, 0.5) is 0 Å².